The number of carboxylic acids is 1. The predicted molar refractivity (Wildman–Crippen MR) is 108 cm³/mol. The quantitative estimate of drug-likeness (QED) is 0.743. The van der Waals surface area contributed by atoms with E-state index in [4.69, 9.17) is 14.6 Å². The summed E-state index contributed by atoms with van der Waals surface area (Å²) in [5.74, 6) is -1.51. The van der Waals surface area contributed by atoms with Crippen molar-refractivity contribution in [2.75, 3.05) is 39.3 Å². The molecular weight excluding hydrogens is 429 g/mol. The number of alkyl halides is 3. The molecular formula is C21H29F3N4O4. The van der Waals surface area contributed by atoms with E-state index in [1.165, 1.54) is 32.2 Å². The second-order valence-electron chi connectivity index (χ2n) is 8.64. The van der Waals surface area contributed by atoms with Crippen LogP contribution in [0.5, 0.6) is 0 Å². The van der Waals surface area contributed by atoms with Crippen molar-refractivity contribution < 1.29 is 32.6 Å². The molecule has 0 bridgehead atoms. The van der Waals surface area contributed by atoms with Gasteiger partial charge in [0, 0.05) is 44.8 Å². The molecule has 3 fully saturated rings. The van der Waals surface area contributed by atoms with Crippen LogP contribution in [-0.4, -0.2) is 88.4 Å². The molecule has 178 valence electrons. The normalized spacial score (nSPS) is 24.4. The largest absolute Gasteiger partial charge is 0.490 e. The van der Waals surface area contributed by atoms with Crippen molar-refractivity contribution in [3.05, 3.63) is 23.8 Å². The number of carbonyl (C=O) groups excluding carboxylic acids is 1. The number of carboxylic acid groups (broad SMARTS) is 1. The van der Waals surface area contributed by atoms with Crippen LogP contribution >= 0.6 is 0 Å². The molecule has 8 nitrogen and oxygen atoms in total. The lowest BCUT2D eigenvalue weighted by Gasteiger charge is -2.26. The van der Waals surface area contributed by atoms with Gasteiger partial charge in [0.2, 0.25) is 0 Å². The van der Waals surface area contributed by atoms with Crippen molar-refractivity contribution in [2.45, 2.75) is 44.9 Å². The number of aliphatic carboxylic acids is 1. The number of hydrogen-bond donors (Lipinski definition) is 1. The molecule has 32 heavy (non-hydrogen) atoms. The molecule has 2 saturated heterocycles. The van der Waals surface area contributed by atoms with E-state index in [0.717, 1.165) is 37.9 Å². The lowest BCUT2D eigenvalue weighted by molar-refractivity contribution is -0.192. The Hall–Kier alpha value is -2.27. The summed E-state index contributed by atoms with van der Waals surface area (Å²) < 4.78 is 37.8. The van der Waals surface area contributed by atoms with E-state index < -0.39 is 12.1 Å². The van der Waals surface area contributed by atoms with E-state index in [1.54, 1.807) is 12.4 Å². The monoisotopic (exact) mass is 458 g/mol. The number of fused-ring (bicyclic) bond motifs is 1. The number of nitrogens with zero attached hydrogens (tertiary/aromatic N) is 4. The zero-order chi connectivity index (χ0) is 23.3. The molecule has 1 amide bonds. The molecule has 0 aromatic carbocycles. The van der Waals surface area contributed by atoms with Crippen LogP contribution in [0.4, 0.5) is 13.2 Å². The number of carbonyl (C=O) groups is 2. The Morgan fingerprint density at radius 1 is 1.16 bits per heavy atom. The first-order chi connectivity index (χ1) is 15.1. The fraction of sp³-hybridized carbons (Fsp3) is 0.714. The minimum Gasteiger partial charge on any atom is -0.475 e. The van der Waals surface area contributed by atoms with Crippen LogP contribution in [0, 0.1) is 18.8 Å². The average molecular weight is 458 g/mol. The molecule has 2 atom stereocenters. The Labute approximate surface area is 184 Å². The van der Waals surface area contributed by atoms with Crippen LogP contribution in [0.3, 0.4) is 0 Å². The van der Waals surface area contributed by atoms with Gasteiger partial charge in [-0.15, -0.1) is 0 Å². The van der Waals surface area contributed by atoms with E-state index >= 15 is 0 Å². The molecule has 1 aromatic rings. The molecule has 1 saturated carbocycles. The molecule has 3 aliphatic rings. The topological polar surface area (TPSA) is 95.9 Å². The fourth-order valence-electron chi connectivity index (χ4n) is 4.52. The van der Waals surface area contributed by atoms with E-state index in [0.29, 0.717) is 18.2 Å². The molecule has 11 heteroatoms. The fourth-order valence-corrected chi connectivity index (χ4v) is 4.52. The van der Waals surface area contributed by atoms with Crippen molar-refractivity contribution >= 4 is 11.9 Å². The van der Waals surface area contributed by atoms with E-state index in [9.17, 15) is 18.0 Å². The number of amides is 1. The molecule has 1 N–H and O–H groups in total. The SMILES string of the molecule is Cc1cnc(C(=O)N2C[C@@H]3CN(CC4CCCC4)CCO[C@@H]3C2)cn1.O=C(O)C(F)(F)F. The Balaban J connectivity index is 0.000000360. The van der Waals surface area contributed by atoms with Crippen molar-refractivity contribution in [1.29, 1.82) is 0 Å². The maximum Gasteiger partial charge on any atom is 0.490 e. The van der Waals surface area contributed by atoms with Crippen LogP contribution < -0.4 is 0 Å². The molecule has 2 aliphatic heterocycles. The number of aryl methyl sites for hydroxylation is 1. The summed E-state index contributed by atoms with van der Waals surface area (Å²) in [7, 11) is 0. The average Bonchev–Trinajstić information content (AvgIpc) is 3.34. The highest BCUT2D eigenvalue weighted by molar-refractivity contribution is 5.92. The predicted octanol–water partition coefficient (Wildman–Crippen LogP) is 2.38. The van der Waals surface area contributed by atoms with Crippen molar-refractivity contribution in [3.63, 3.8) is 0 Å². The van der Waals surface area contributed by atoms with Crippen LogP contribution in [0.15, 0.2) is 12.4 Å². The standard InChI is InChI=1S/C19H28N4O2.C2HF3O2/c1-14-8-21-17(9-20-14)19(24)23-12-16-11-22(6-7-25-18(16)13-23)10-15-4-2-3-5-15;3-2(4,5)1(6)7/h8-9,15-16,18H,2-7,10-13H2,1H3;(H,6,7)/t16-,18+;/m0./s1. The van der Waals surface area contributed by atoms with Gasteiger partial charge in [-0.2, -0.15) is 13.2 Å². The summed E-state index contributed by atoms with van der Waals surface area (Å²) in [6.45, 7) is 7.37. The summed E-state index contributed by atoms with van der Waals surface area (Å²) in [6, 6.07) is 0. The molecule has 0 radical (unpaired) electrons. The summed E-state index contributed by atoms with van der Waals surface area (Å²) in [5, 5.41) is 7.12. The number of rotatable bonds is 3. The first-order valence-electron chi connectivity index (χ1n) is 10.9. The Morgan fingerprint density at radius 3 is 2.44 bits per heavy atom. The Kier molecular flexibility index (Phi) is 8.05. The summed E-state index contributed by atoms with van der Waals surface area (Å²) in [6.07, 6.45) is 3.85. The van der Waals surface area contributed by atoms with Gasteiger partial charge in [0.05, 0.1) is 24.6 Å². The van der Waals surface area contributed by atoms with Crippen LogP contribution in [0.1, 0.15) is 41.9 Å². The lowest BCUT2D eigenvalue weighted by atomic mass is 10.0. The first kappa shape index (κ1) is 24.4. The van der Waals surface area contributed by atoms with Crippen LogP contribution in [0.25, 0.3) is 0 Å². The Morgan fingerprint density at radius 2 is 1.84 bits per heavy atom. The van der Waals surface area contributed by atoms with E-state index in [2.05, 4.69) is 14.9 Å². The van der Waals surface area contributed by atoms with Gasteiger partial charge in [-0.05, 0) is 25.7 Å². The molecule has 0 spiro atoms. The van der Waals surface area contributed by atoms with Crippen molar-refractivity contribution in [2.24, 2.45) is 11.8 Å². The van der Waals surface area contributed by atoms with E-state index in [-0.39, 0.29) is 12.0 Å². The minimum absolute atomic E-state index is 0.0217. The number of halogens is 3. The maximum absolute atomic E-state index is 12.7. The zero-order valence-electron chi connectivity index (χ0n) is 18.1. The van der Waals surface area contributed by atoms with Crippen molar-refractivity contribution in [1.82, 2.24) is 19.8 Å². The zero-order valence-corrected chi connectivity index (χ0v) is 18.1. The van der Waals surface area contributed by atoms with Crippen molar-refractivity contribution in [3.8, 4) is 0 Å². The van der Waals surface area contributed by atoms with Gasteiger partial charge < -0.3 is 19.6 Å². The van der Waals surface area contributed by atoms with E-state index in [1.807, 2.05) is 11.8 Å². The number of aromatic nitrogens is 2. The maximum atomic E-state index is 12.7. The van der Waals surface area contributed by atoms with Gasteiger partial charge in [-0.1, -0.05) is 12.8 Å². The molecule has 1 aromatic heterocycles. The summed E-state index contributed by atoms with van der Waals surface area (Å²) in [5.41, 5.74) is 1.26. The van der Waals surface area contributed by atoms with Gasteiger partial charge in [0.1, 0.15) is 5.69 Å². The molecule has 1 aliphatic carbocycles. The number of hydrogen-bond acceptors (Lipinski definition) is 6. The first-order valence-corrected chi connectivity index (χ1v) is 10.9. The summed E-state index contributed by atoms with van der Waals surface area (Å²) >= 11 is 0. The third-order valence-corrected chi connectivity index (χ3v) is 6.13. The summed E-state index contributed by atoms with van der Waals surface area (Å²) in [4.78, 5) is 34.5. The van der Waals surface area contributed by atoms with Gasteiger partial charge in [0.15, 0.2) is 0 Å². The second-order valence-corrected chi connectivity index (χ2v) is 8.64. The highest BCUT2D eigenvalue weighted by Crippen LogP contribution is 2.29. The van der Waals surface area contributed by atoms with Gasteiger partial charge in [-0.3, -0.25) is 9.78 Å². The smallest absolute Gasteiger partial charge is 0.475 e. The molecule has 0 unspecified atom stereocenters. The van der Waals surface area contributed by atoms with Crippen LogP contribution in [0.2, 0.25) is 0 Å². The van der Waals surface area contributed by atoms with Crippen LogP contribution in [-0.2, 0) is 9.53 Å². The third-order valence-electron chi connectivity index (χ3n) is 6.13. The highest BCUT2D eigenvalue weighted by atomic mass is 19.4. The third kappa shape index (κ3) is 6.61. The van der Waals surface area contributed by atoms with Gasteiger partial charge in [-0.25, -0.2) is 9.78 Å². The highest BCUT2D eigenvalue weighted by Gasteiger charge is 2.39. The van der Waals surface area contributed by atoms with Gasteiger partial charge in [0.25, 0.3) is 5.91 Å². The number of ether oxygens (including phenoxy) is 1. The lowest BCUT2D eigenvalue weighted by Crippen LogP contribution is -2.36. The Bertz CT molecular complexity index is 784. The van der Waals surface area contributed by atoms with Gasteiger partial charge >= 0.3 is 12.1 Å². The molecule has 4 rings (SSSR count). The molecule has 3 heterocycles. The minimum atomic E-state index is -5.08. The second kappa shape index (κ2) is 10.6. The number of likely N-dealkylation sites (tertiary alicyclic amines) is 1.